The van der Waals surface area contributed by atoms with E-state index in [0.29, 0.717) is 5.75 Å². The van der Waals surface area contributed by atoms with Crippen LogP contribution in [0.3, 0.4) is 0 Å². The first kappa shape index (κ1) is 14.0. The smallest absolute Gasteiger partial charge is 0.383 e. The summed E-state index contributed by atoms with van der Waals surface area (Å²) in [6.07, 6.45) is 2.83. The number of ether oxygens (including phenoxy) is 2. The minimum Gasteiger partial charge on any atom is -0.503 e. The van der Waals surface area contributed by atoms with E-state index in [1.807, 2.05) is 0 Å². The number of rotatable bonds is 5. The maximum Gasteiger partial charge on any atom is 0.383 e. The Balaban J connectivity index is 2.63. The van der Waals surface area contributed by atoms with Crippen LogP contribution in [0.5, 0.6) is 17.2 Å². The Kier molecular flexibility index (Phi) is 4.27. The first-order valence-corrected chi connectivity index (χ1v) is 5.99. The van der Waals surface area contributed by atoms with E-state index in [-0.39, 0.29) is 35.7 Å². The molecule has 0 amide bonds. The van der Waals surface area contributed by atoms with Crippen LogP contribution in [0.15, 0.2) is 39.7 Å². The molecular weight excluding hydrogens is 264 g/mol. The van der Waals surface area contributed by atoms with Gasteiger partial charge in [-0.3, -0.25) is 0 Å². The monoisotopic (exact) mass is 278 g/mol. The number of benzene rings is 1. The zero-order valence-electron chi connectivity index (χ0n) is 10.8. The molecule has 2 N–H and O–H groups in total. The van der Waals surface area contributed by atoms with E-state index < -0.39 is 5.63 Å². The van der Waals surface area contributed by atoms with Crippen molar-refractivity contribution < 1.29 is 24.1 Å². The summed E-state index contributed by atoms with van der Waals surface area (Å²) in [4.78, 5) is 11.7. The summed E-state index contributed by atoms with van der Waals surface area (Å²) in [5.41, 5.74) is -0.608. The van der Waals surface area contributed by atoms with Crippen LogP contribution in [0.25, 0.3) is 11.0 Å². The van der Waals surface area contributed by atoms with E-state index in [4.69, 9.17) is 19.0 Å². The van der Waals surface area contributed by atoms with Gasteiger partial charge in [-0.15, -0.1) is 0 Å². The van der Waals surface area contributed by atoms with Crippen LogP contribution in [0.2, 0.25) is 0 Å². The molecule has 106 valence electrons. The van der Waals surface area contributed by atoms with Crippen molar-refractivity contribution in [1.29, 1.82) is 0 Å². The van der Waals surface area contributed by atoms with Gasteiger partial charge in [-0.05, 0) is 19.1 Å². The van der Waals surface area contributed by atoms with Crippen LogP contribution < -0.4 is 15.1 Å². The van der Waals surface area contributed by atoms with Gasteiger partial charge in [-0.1, -0.05) is 12.1 Å². The van der Waals surface area contributed by atoms with Crippen molar-refractivity contribution in [2.45, 2.75) is 6.92 Å². The molecule has 0 aliphatic rings. The van der Waals surface area contributed by atoms with Crippen LogP contribution in [0.4, 0.5) is 0 Å². The Morgan fingerprint density at radius 2 is 2.20 bits per heavy atom. The minimum atomic E-state index is -0.785. The molecular formula is C14H14O6. The maximum absolute atomic E-state index is 11.7. The normalized spacial score (nSPS) is 11.1. The molecule has 0 saturated heterocycles. The summed E-state index contributed by atoms with van der Waals surface area (Å²) in [6.45, 7) is 1.59. The number of hydrogen-bond donors (Lipinski definition) is 2. The van der Waals surface area contributed by atoms with Crippen molar-refractivity contribution in [3.05, 3.63) is 41.0 Å². The third kappa shape index (κ3) is 2.60. The van der Waals surface area contributed by atoms with Crippen molar-refractivity contribution in [3.63, 3.8) is 0 Å². The SMILES string of the molecule is C/C=C\Oc1c(O)c2c(OCCO)cccc2oc1=O. The molecule has 0 unspecified atom stereocenters. The van der Waals surface area contributed by atoms with Gasteiger partial charge in [0.05, 0.1) is 12.9 Å². The molecule has 0 atom stereocenters. The highest BCUT2D eigenvalue weighted by Crippen LogP contribution is 2.37. The van der Waals surface area contributed by atoms with Crippen LogP contribution >= 0.6 is 0 Å². The van der Waals surface area contributed by atoms with Gasteiger partial charge in [-0.2, -0.15) is 0 Å². The Morgan fingerprint density at radius 1 is 1.40 bits per heavy atom. The predicted octanol–water partition coefficient (Wildman–Crippen LogP) is 1.78. The molecule has 1 aromatic heterocycles. The van der Waals surface area contributed by atoms with Crippen LogP contribution in [-0.2, 0) is 0 Å². The zero-order valence-corrected chi connectivity index (χ0v) is 10.8. The third-order valence-corrected chi connectivity index (χ3v) is 2.50. The van der Waals surface area contributed by atoms with E-state index in [1.54, 1.807) is 25.1 Å². The van der Waals surface area contributed by atoms with Crippen LogP contribution in [0, 0.1) is 0 Å². The summed E-state index contributed by atoms with van der Waals surface area (Å²) in [6, 6.07) is 4.74. The number of aliphatic hydroxyl groups excluding tert-OH is 1. The lowest BCUT2D eigenvalue weighted by Gasteiger charge is -2.10. The van der Waals surface area contributed by atoms with Gasteiger partial charge in [0, 0.05) is 0 Å². The molecule has 20 heavy (non-hydrogen) atoms. The fourth-order valence-corrected chi connectivity index (χ4v) is 1.70. The first-order valence-electron chi connectivity index (χ1n) is 5.99. The minimum absolute atomic E-state index is 0.0583. The van der Waals surface area contributed by atoms with E-state index in [0.717, 1.165) is 0 Å². The van der Waals surface area contributed by atoms with E-state index in [9.17, 15) is 9.90 Å². The zero-order chi connectivity index (χ0) is 14.5. The summed E-state index contributed by atoms with van der Waals surface area (Å²) in [7, 11) is 0. The largest absolute Gasteiger partial charge is 0.503 e. The molecule has 0 bridgehead atoms. The van der Waals surface area contributed by atoms with Crippen molar-refractivity contribution >= 4 is 11.0 Å². The highest BCUT2D eigenvalue weighted by molar-refractivity contribution is 5.91. The molecule has 0 aliphatic heterocycles. The van der Waals surface area contributed by atoms with Gasteiger partial charge in [-0.25, -0.2) is 4.79 Å². The number of fused-ring (bicyclic) bond motifs is 1. The Bertz CT molecular complexity index is 686. The number of aromatic hydroxyl groups is 1. The Labute approximate surface area is 114 Å². The first-order chi connectivity index (χ1) is 9.69. The molecule has 0 aliphatic carbocycles. The number of hydrogen-bond acceptors (Lipinski definition) is 6. The second-order valence-corrected chi connectivity index (χ2v) is 3.86. The fourth-order valence-electron chi connectivity index (χ4n) is 1.70. The highest BCUT2D eigenvalue weighted by atomic mass is 16.5. The fraction of sp³-hybridized carbons (Fsp3) is 0.214. The average molecular weight is 278 g/mol. The van der Waals surface area contributed by atoms with E-state index in [2.05, 4.69) is 0 Å². The molecule has 6 heteroatoms. The van der Waals surface area contributed by atoms with Crippen LogP contribution in [-0.4, -0.2) is 23.4 Å². The molecule has 0 fully saturated rings. The van der Waals surface area contributed by atoms with Gasteiger partial charge in [0.2, 0.25) is 0 Å². The lowest BCUT2D eigenvalue weighted by molar-refractivity contribution is 0.202. The Hall–Kier alpha value is -2.47. The van der Waals surface area contributed by atoms with E-state index >= 15 is 0 Å². The Morgan fingerprint density at radius 3 is 2.90 bits per heavy atom. The van der Waals surface area contributed by atoms with Gasteiger partial charge in [0.25, 0.3) is 5.75 Å². The van der Waals surface area contributed by atoms with Crippen molar-refractivity contribution in [3.8, 4) is 17.2 Å². The van der Waals surface area contributed by atoms with Crippen molar-refractivity contribution in [2.24, 2.45) is 0 Å². The summed E-state index contributed by atoms with van der Waals surface area (Å²) in [5, 5.41) is 19.2. The summed E-state index contributed by atoms with van der Waals surface area (Å²) in [5.74, 6) is -0.373. The predicted molar refractivity (Wildman–Crippen MR) is 72.2 cm³/mol. The van der Waals surface area contributed by atoms with Gasteiger partial charge < -0.3 is 24.1 Å². The summed E-state index contributed by atoms with van der Waals surface area (Å²) >= 11 is 0. The second-order valence-electron chi connectivity index (χ2n) is 3.86. The molecule has 1 aromatic carbocycles. The summed E-state index contributed by atoms with van der Waals surface area (Å²) < 4.78 is 15.4. The molecule has 0 saturated carbocycles. The highest BCUT2D eigenvalue weighted by Gasteiger charge is 2.18. The number of allylic oxidation sites excluding steroid dienone is 1. The topological polar surface area (TPSA) is 89.1 Å². The van der Waals surface area contributed by atoms with E-state index in [1.165, 1.54) is 12.3 Å². The average Bonchev–Trinajstić information content (AvgIpc) is 2.44. The molecule has 0 spiro atoms. The molecule has 6 nitrogen and oxygen atoms in total. The molecule has 2 aromatic rings. The maximum atomic E-state index is 11.7. The lowest BCUT2D eigenvalue weighted by Crippen LogP contribution is -2.06. The molecule has 0 radical (unpaired) electrons. The van der Waals surface area contributed by atoms with Gasteiger partial charge in [0.1, 0.15) is 23.3 Å². The number of aliphatic hydroxyl groups is 1. The van der Waals surface area contributed by atoms with Crippen LogP contribution in [0.1, 0.15) is 6.92 Å². The molecule has 1 heterocycles. The standard InChI is InChI=1S/C14H14O6/c1-2-7-19-13-12(16)11-9(18-8-6-15)4-3-5-10(11)20-14(13)17/h2-5,7,15-16H,6,8H2,1H3/b7-2-. The van der Waals surface area contributed by atoms with Crippen molar-refractivity contribution in [1.82, 2.24) is 0 Å². The quantitative estimate of drug-likeness (QED) is 0.640. The molecule has 2 rings (SSSR count). The van der Waals surface area contributed by atoms with Gasteiger partial charge in [0.15, 0.2) is 5.75 Å². The second kappa shape index (κ2) is 6.12. The lowest BCUT2D eigenvalue weighted by atomic mass is 10.2. The third-order valence-electron chi connectivity index (χ3n) is 2.50. The van der Waals surface area contributed by atoms with Gasteiger partial charge >= 0.3 is 5.63 Å². The van der Waals surface area contributed by atoms with Crippen molar-refractivity contribution in [2.75, 3.05) is 13.2 Å².